The lowest BCUT2D eigenvalue weighted by Crippen LogP contribution is -2.60. The van der Waals surface area contributed by atoms with Gasteiger partial charge in [0.15, 0.2) is 0 Å². The number of carbonyl (C=O) groups excluding carboxylic acids is 3. The van der Waals surface area contributed by atoms with E-state index in [-0.39, 0.29) is 18.3 Å². The van der Waals surface area contributed by atoms with Crippen LogP contribution in [-0.2, 0) is 25.6 Å². The number of rotatable bonds is 14. The monoisotopic (exact) mass is 531 g/mol. The molecule has 11 heteroatoms. The molecule has 1 aromatic carbocycles. The summed E-state index contributed by atoms with van der Waals surface area (Å²) in [7, 11) is 0. The first-order valence-electron chi connectivity index (χ1n) is 13.0. The summed E-state index contributed by atoms with van der Waals surface area (Å²) in [5.41, 5.74) is 7.42. The van der Waals surface area contributed by atoms with Crippen LogP contribution in [0.15, 0.2) is 30.5 Å². The van der Waals surface area contributed by atoms with Gasteiger partial charge in [0.05, 0.1) is 6.10 Å². The van der Waals surface area contributed by atoms with Crippen LogP contribution < -0.4 is 21.7 Å². The molecule has 0 spiro atoms. The summed E-state index contributed by atoms with van der Waals surface area (Å²) in [6.45, 7) is 8.57. The number of aromatic nitrogens is 1. The highest BCUT2D eigenvalue weighted by atomic mass is 16.4. The van der Waals surface area contributed by atoms with Crippen molar-refractivity contribution in [3.05, 3.63) is 36.0 Å². The molecule has 0 aliphatic heterocycles. The van der Waals surface area contributed by atoms with E-state index in [0.717, 1.165) is 16.5 Å². The Balaban J connectivity index is 2.34. The fourth-order valence-electron chi connectivity index (χ4n) is 4.10. The van der Waals surface area contributed by atoms with Crippen LogP contribution in [0.25, 0.3) is 10.9 Å². The summed E-state index contributed by atoms with van der Waals surface area (Å²) in [6.07, 6.45) is 1.77. The van der Waals surface area contributed by atoms with Crippen molar-refractivity contribution in [2.45, 2.75) is 84.2 Å². The summed E-state index contributed by atoms with van der Waals surface area (Å²) in [5.74, 6) is -3.75. The average Bonchev–Trinajstić information content (AvgIpc) is 3.30. The quantitative estimate of drug-likeness (QED) is 0.190. The molecule has 11 nitrogen and oxygen atoms in total. The second kappa shape index (κ2) is 13.9. The standard InChI is InChI=1S/C27H41N5O6/c1-6-14(3)22(26(36)32-23(27(37)38)15(4)7-2)31-24(34)20(30-25(35)21(28)16(5)33)12-17-13-29-19-11-9-8-10-18(17)19/h8-11,13-16,20-23,29,33H,6-7,12,28H2,1-5H3,(H,30,35)(H,31,34)(H,32,36)(H,37,38). The minimum atomic E-state index is -1.26. The molecule has 0 bridgehead atoms. The van der Waals surface area contributed by atoms with Gasteiger partial charge in [0.2, 0.25) is 17.7 Å². The van der Waals surface area contributed by atoms with Gasteiger partial charge in [-0.2, -0.15) is 0 Å². The number of aliphatic carboxylic acids is 1. The Morgan fingerprint density at radius 3 is 2.05 bits per heavy atom. The maximum atomic E-state index is 13.5. The van der Waals surface area contributed by atoms with Gasteiger partial charge in [0, 0.05) is 23.5 Å². The molecular formula is C27H41N5O6. The van der Waals surface area contributed by atoms with Crippen molar-refractivity contribution < 1.29 is 29.4 Å². The summed E-state index contributed by atoms with van der Waals surface area (Å²) in [5, 5.41) is 28.2. The highest BCUT2D eigenvalue weighted by molar-refractivity contribution is 5.95. The van der Waals surface area contributed by atoms with Crippen LogP contribution in [0.5, 0.6) is 0 Å². The van der Waals surface area contributed by atoms with Crippen molar-refractivity contribution >= 4 is 34.6 Å². The molecule has 0 radical (unpaired) electrons. The molecule has 210 valence electrons. The zero-order valence-corrected chi connectivity index (χ0v) is 22.7. The first-order chi connectivity index (χ1) is 17.9. The molecule has 7 atom stereocenters. The summed E-state index contributed by atoms with van der Waals surface area (Å²) >= 11 is 0. The van der Waals surface area contributed by atoms with Crippen molar-refractivity contribution in [1.29, 1.82) is 0 Å². The SMILES string of the molecule is CCC(C)C(NC(=O)C(NC(=O)C(Cc1c[nH]c2ccccc12)NC(=O)C(N)C(C)O)C(C)CC)C(=O)O. The summed E-state index contributed by atoms with van der Waals surface area (Å²) in [6, 6.07) is 2.98. The Bertz CT molecular complexity index is 1120. The van der Waals surface area contributed by atoms with Crippen molar-refractivity contribution in [2.24, 2.45) is 17.6 Å². The predicted octanol–water partition coefficient (Wildman–Crippen LogP) is 1.05. The van der Waals surface area contributed by atoms with Gasteiger partial charge < -0.3 is 36.9 Å². The Kier molecular flexibility index (Phi) is 11.3. The fraction of sp³-hybridized carbons (Fsp3) is 0.556. The van der Waals surface area contributed by atoms with Gasteiger partial charge in [-0.15, -0.1) is 0 Å². The van der Waals surface area contributed by atoms with E-state index in [1.165, 1.54) is 6.92 Å². The Labute approximate surface area is 222 Å². The van der Waals surface area contributed by atoms with Crippen LogP contribution in [0.2, 0.25) is 0 Å². The molecule has 0 saturated carbocycles. The molecule has 38 heavy (non-hydrogen) atoms. The third-order valence-electron chi connectivity index (χ3n) is 7.12. The van der Waals surface area contributed by atoms with Gasteiger partial charge in [-0.3, -0.25) is 14.4 Å². The van der Waals surface area contributed by atoms with Gasteiger partial charge in [0.1, 0.15) is 24.2 Å². The van der Waals surface area contributed by atoms with Gasteiger partial charge in [-0.1, -0.05) is 58.7 Å². The number of H-pyrrole nitrogens is 1. The number of carbonyl (C=O) groups is 4. The van der Waals surface area contributed by atoms with Gasteiger partial charge >= 0.3 is 5.97 Å². The fourth-order valence-corrected chi connectivity index (χ4v) is 4.10. The lowest BCUT2D eigenvalue weighted by atomic mass is 9.94. The number of fused-ring (bicyclic) bond motifs is 1. The number of aromatic amines is 1. The minimum absolute atomic E-state index is 0.0909. The summed E-state index contributed by atoms with van der Waals surface area (Å²) in [4.78, 5) is 54.4. The molecule has 0 saturated heterocycles. The lowest BCUT2D eigenvalue weighted by Gasteiger charge is -2.29. The average molecular weight is 532 g/mol. The van der Waals surface area contributed by atoms with E-state index in [1.54, 1.807) is 20.0 Å². The van der Waals surface area contributed by atoms with Crippen LogP contribution in [0.4, 0.5) is 0 Å². The first-order valence-corrected chi connectivity index (χ1v) is 13.0. The van der Waals surface area contributed by atoms with Crippen molar-refractivity contribution in [1.82, 2.24) is 20.9 Å². The van der Waals surface area contributed by atoms with Crippen LogP contribution >= 0.6 is 0 Å². The third kappa shape index (κ3) is 7.78. The molecule has 0 aliphatic rings. The number of amides is 3. The second-order valence-corrected chi connectivity index (χ2v) is 9.97. The van der Waals surface area contributed by atoms with Crippen molar-refractivity contribution in [3.8, 4) is 0 Å². The maximum absolute atomic E-state index is 13.5. The number of aliphatic hydroxyl groups is 1. The number of carboxylic acids is 1. The number of hydrogen-bond donors (Lipinski definition) is 7. The predicted molar refractivity (Wildman–Crippen MR) is 144 cm³/mol. The topological polar surface area (TPSA) is 187 Å². The van der Waals surface area contributed by atoms with Crippen LogP contribution in [0, 0.1) is 11.8 Å². The molecular weight excluding hydrogens is 490 g/mol. The van der Waals surface area contributed by atoms with E-state index in [2.05, 4.69) is 20.9 Å². The molecule has 3 amide bonds. The Hall–Kier alpha value is -3.44. The zero-order chi connectivity index (χ0) is 28.6. The van der Waals surface area contributed by atoms with Gasteiger partial charge in [-0.25, -0.2) is 4.79 Å². The molecule has 7 unspecified atom stereocenters. The number of carboxylic acid groups (broad SMARTS) is 1. The molecule has 0 fully saturated rings. The number of nitrogens with one attached hydrogen (secondary N) is 4. The van der Waals surface area contributed by atoms with E-state index in [1.807, 2.05) is 38.1 Å². The molecule has 1 aromatic heterocycles. The van der Waals surface area contributed by atoms with Gasteiger partial charge in [-0.05, 0) is 30.4 Å². The van der Waals surface area contributed by atoms with E-state index >= 15 is 0 Å². The lowest BCUT2D eigenvalue weighted by molar-refractivity contribution is -0.144. The van der Waals surface area contributed by atoms with Gasteiger partial charge in [0.25, 0.3) is 0 Å². The van der Waals surface area contributed by atoms with Crippen LogP contribution in [0.1, 0.15) is 53.0 Å². The Morgan fingerprint density at radius 2 is 1.47 bits per heavy atom. The minimum Gasteiger partial charge on any atom is -0.480 e. The van der Waals surface area contributed by atoms with E-state index in [4.69, 9.17) is 5.73 Å². The molecule has 1 heterocycles. The molecule has 8 N–H and O–H groups in total. The maximum Gasteiger partial charge on any atom is 0.326 e. The zero-order valence-electron chi connectivity index (χ0n) is 22.7. The Morgan fingerprint density at radius 1 is 0.895 bits per heavy atom. The molecule has 0 aliphatic carbocycles. The number of para-hydroxylation sites is 1. The molecule has 2 rings (SSSR count). The normalized spacial score (nSPS) is 16.9. The van der Waals surface area contributed by atoms with E-state index in [0.29, 0.717) is 12.8 Å². The van der Waals surface area contributed by atoms with Crippen molar-refractivity contribution in [3.63, 3.8) is 0 Å². The van der Waals surface area contributed by atoms with Crippen molar-refractivity contribution in [2.75, 3.05) is 0 Å². The number of hydrogen-bond acceptors (Lipinski definition) is 6. The third-order valence-corrected chi connectivity index (χ3v) is 7.12. The van der Waals surface area contributed by atoms with Crippen LogP contribution in [0.3, 0.4) is 0 Å². The smallest absolute Gasteiger partial charge is 0.326 e. The largest absolute Gasteiger partial charge is 0.480 e. The van der Waals surface area contributed by atoms with E-state index < -0.39 is 54.0 Å². The number of aliphatic hydroxyl groups excluding tert-OH is 1. The first kappa shape index (κ1) is 30.8. The highest BCUT2D eigenvalue weighted by Crippen LogP contribution is 2.20. The number of benzene rings is 1. The van der Waals surface area contributed by atoms with E-state index in [9.17, 15) is 29.4 Å². The number of nitrogens with two attached hydrogens (primary N) is 1. The summed E-state index contributed by atoms with van der Waals surface area (Å²) < 4.78 is 0. The van der Waals surface area contributed by atoms with Crippen LogP contribution in [-0.4, -0.2) is 69.2 Å². The molecule has 2 aromatic rings. The second-order valence-electron chi connectivity index (χ2n) is 9.97. The highest BCUT2D eigenvalue weighted by Gasteiger charge is 2.34.